The summed E-state index contributed by atoms with van der Waals surface area (Å²) in [6.45, 7) is 2.26. The third kappa shape index (κ3) is 1.67. The predicted octanol–water partition coefficient (Wildman–Crippen LogP) is 4.20. The molecular formula is C18H20N2. The summed E-state index contributed by atoms with van der Waals surface area (Å²) in [5, 5.41) is 1.12. The maximum absolute atomic E-state index is 6.45. The maximum atomic E-state index is 6.45. The summed E-state index contributed by atoms with van der Waals surface area (Å²) in [5.41, 5.74) is 12.7. The summed E-state index contributed by atoms with van der Waals surface area (Å²) in [4.78, 5) is 4.96. The first-order valence-corrected chi connectivity index (χ1v) is 7.62. The number of benzene rings is 1. The Morgan fingerprint density at radius 2 is 2.10 bits per heavy atom. The molecule has 4 rings (SSSR count). The van der Waals surface area contributed by atoms with Crippen LogP contribution in [0.1, 0.15) is 43.4 Å². The predicted molar refractivity (Wildman–Crippen MR) is 83.7 cm³/mol. The molecule has 0 radical (unpaired) electrons. The number of anilines is 1. The number of nitrogens with two attached hydrogens (primary N) is 1. The molecule has 0 unspecified atom stereocenters. The van der Waals surface area contributed by atoms with Crippen molar-refractivity contribution >= 4 is 16.6 Å². The summed E-state index contributed by atoms with van der Waals surface area (Å²) >= 11 is 0. The third-order valence-electron chi connectivity index (χ3n) is 4.94. The molecule has 2 aliphatic rings. The molecule has 0 saturated heterocycles. The lowest BCUT2D eigenvalue weighted by atomic mass is 9.71. The van der Waals surface area contributed by atoms with Gasteiger partial charge < -0.3 is 5.73 Å². The van der Waals surface area contributed by atoms with Crippen LogP contribution in [0.2, 0.25) is 0 Å². The number of pyridine rings is 1. The second kappa shape index (κ2) is 4.34. The first kappa shape index (κ1) is 12.0. The van der Waals surface area contributed by atoms with E-state index in [0.717, 1.165) is 23.0 Å². The number of rotatable bonds is 1. The summed E-state index contributed by atoms with van der Waals surface area (Å²) in [6.07, 6.45) is 7.16. The van der Waals surface area contributed by atoms with E-state index in [2.05, 4.69) is 25.1 Å². The molecule has 0 spiro atoms. The van der Waals surface area contributed by atoms with E-state index < -0.39 is 0 Å². The molecule has 2 heteroatoms. The highest BCUT2D eigenvalue weighted by Crippen LogP contribution is 2.45. The Morgan fingerprint density at radius 1 is 1.25 bits per heavy atom. The smallest absolute Gasteiger partial charge is 0.0726 e. The van der Waals surface area contributed by atoms with E-state index in [9.17, 15) is 0 Å². The van der Waals surface area contributed by atoms with Gasteiger partial charge in [-0.2, -0.15) is 0 Å². The molecule has 0 fully saturated rings. The van der Waals surface area contributed by atoms with Gasteiger partial charge in [0, 0.05) is 22.7 Å². The maximum Gasteiger partial charge on any atom is 0.0726 e. The van der Waals surface area contributed by atoms with Gasteiger partial charge in [-0.25, -0.2) is 0 Å². The standard InChI is InChI=1S/C18H20N2/c1-2-11-7-12-9-13(8-11)18-15(10-12)17(19)14-5-3-4-6-16(14)20-18/h3-7,12-13H,2,8-10H2,1H3,(H2,19,20)/t12-,13+/m0/s1. The fraction of sp³-hybridized carbons (Fsp3) is 0.389. The topological polar surface area (TPSA) is 38.9 Å². The van der Waals surface area contributed by atoms with Crippen molar-refractivity contribution in [3.63, 3.8) is 0 Å². The van der Waals surface area contributed by atoms with Crippen LogP contribution in [0.15, 0.2) is 35.9 Å². The minimum atomic E-state index is 0.579. The molecule has 0 saturated carbocycles. The van der Waals surface area contributed by atoms with Gasteiger partial charge in [0.2, 0.25) is 0 Å². The molecule has 2 aromatic rings. The van der Waals surface area contributed by atoms with E-state index in [4.69, 9.17) is 10.7 Å². The molecule has 1 heterocycles. The van der Waals surface area contributed by atoms with Gasteiger partial charge in [0.15, 0.2) is 0 Å². The minimum Gasteiger partial charge on any atom is -0.398 e. The van der Waals surface area contributed by atoms with Crippen LogP contribution >= 0.6 is 0 Å². The zero-order valence-corrected chi connectivity index (χ0v) is 11.9. The molecule has 2 nitrogen and oxygen atoms in total. The van der Waals surface area contributed by atoms with Gasteiger partial charge >= 0.3 is 0 Å². The quantitative estimate of drug-likeness (QED) is 0.784. The van der Waals surface area contributed by atoms with Crippen LogP contribution in [0.4, 0.5) is 5.69 Å². The zero-order chi connectivity index (χ0) is 13.7. The Morgan fingerprint density at radius 3 is 2.95 bits per heavy atom. The van der Waals surface area contributed by atoms with Crippen LogP contribution in [0.25, 0.3) is 10.9 Å². The Balaban J connectivity index is 1.91. The highest BCUT2D eigenvalue weighted by molar-refractivity contribution is 5.92. The molecule has 102 valence electrons. The summed E-state index contributed by atoms with van der Waals surface area (Å²) < 4.78 is 0. The lowest BCUT2D eigenvalue weighted by Gasteiger charge is -2.35. The van der Waals surface area contributed by atoms with E-state index in [-0.39, 0.29) is 0 Å². The van der Waals surface area contributed by atoms with Gasteiger partial charge in [-0.3, -0.25) is 4.98 Å². The fourth-order valence-electron chi connectivity index (χ4n) is 3.96. The third-order valence-corrected chi connectivity index (χ3v) is 4.94. The average Bonchev–Trinajstić information content (AvgIpc) is 2.49. The Bertz CT molecular complexity index is 715. The van der Waals surface area contributed by atoms with Crippen LogP contribution in [-0.2, 0) is 6.42 Å². The SMILES string of the molecule is CCC1=C[C@@H]2Cc3c(nc4ccccc4c3N)[C@H](C1)C2. The number of para-hydroxylation sites is 1. The Labute approximate surface area is 119 Å². The van der Waals surface area contributed by atoms with E-state index in [1.165, 1.54) is 30.5 Å². The van der Waals surface area contributed by atoms with Crippen LogP contribution < -0.4 is 5.73 Å². The highest BCUT2D eigenvalue weighted by Gasteiger charge is 2.32. The number of hydrogen-bond acceptors (Lipinski definition) is 2. The average molecular weight is 264 g/mol. The van der Waals surface area contributed by atoms with Gasteiger partial charge in [0.05, 0.1) is 5.52 Å². The molecule has 1 aromatic carbocycles. The minimum absolute atomic E-state index is 0.579. The van der Waals surface area contributed by atoms with Gasteiger partial charge in [-0.05, 0) is 43.2 Å². The number of hydrogen-bond donors (Lipinski definition) is 1. The Hall–Kier alpha value is -1.83. The van der Waals surface area contributed by atoms with Gasteiger partial charge in [-0.15, -0.1) is 0 Å². The van der Waals surface area contributed by atoms with Crippen molar-refractivity contribution in [2.75, 3.05) is 5.73 Å². The molecule has 2 atom stereocenters. The van der Waals surface area contributed by atoms with Crippen molar-refractivity contribution in [2.45, 2.75) is 38.5 Å². The van der Waals surface area contributed by atoms with Gasteiger partial charge in [0.1, 0.15) is 0 Å². The largest absolute Gasteiger partial charge is 0.398 e. The molecule has 2 bridgehead atoms. The van der Waals surface area contributed by atoms with Crippen molar-refractivity contribution in [3.8, 4) is 0 Å². The van der Waals surface area contributed by atoms with Gasteiger partial charge in [0.25, 0.3) is 0 Å². The van der Waals surface area contributed by atoms with Crippen molar-refractivity contribution in [1.82, 2.24) is 4.98 Å². The first-order valence-electron chi connectivity index (χ1n) is 7.62. The van der Waals surface area contributed by atoms with Crippen LogP contribution in [-0.4, -0.2) is 4.98 Å². The number of aromatic nitrogens is 1. The molecule has 20 heavy (non-hydrogen) atoms. The van der Waals surface area contributed by atoms with E-state index in [1.807, 2.05) is 12.1 Å². The highest BCUT2D eigenvalue weighted by atomic mass is 14.8. The van der Waals surface area contributed by atoms with Crippen molar-refractivity contribution < 1.29 is 0 Å². The number of fused-ring (bicyclic) bond motifs is 5. The molecule has 1 aromatic heterocycles. The van der Waals surface area contributed by atoms with Crippen LogP contribution in [0, 0.1) is 5.92 Å². The second-order valence-corrected chi connectivity index (χ2v) is 6.19. The van der Waals surface area contributed by atoms with E-state index >= 15 is 0 Å². The molecule has 0 amide bonds. The van der Waals surface area contributed by atoms with Crippen molar-refractivity contribution in [3.05, 3.63) is 47.2 Å². The lowest BCUT2D eigenvalue weighted by molar-refractivity contribution is 0.426. The summed E-state index contributed by atoms with van der Waals surface area (Å²) in [6, 6.07) is 8.27. The monoisotopic (exact) mass is 264 g/mol. The van der Waals surface area contributed by atoms with Crippen molar-refractivity contribution in [2.24, 2.45) is 5.92 Å². The first-order chi connectivity index (χ1) is 9.76. The van der Waals surface area contributed by atoms with Crippen molar-refractivity contribution in [1.29, 1.82) is 0 Å². The summed E-state index contributed by atoms with van der Waals surface area (Å²) in [5.74, 6) is 1.25. The number of nitrogens with zero attached hydrogens (tertiary/aromatic N) is 1. The van der Waals surface area contributed by atoms with E-state index in [0.29, 0.717) is 11.8 Å². The second-order valence-electron chi connectivity index (χ2n) is 6.19. The lowest BCUT2D eigenvalue weighted by Crippen LogP contribution is -2.24. The van der Waals surface area contributed by atoms with E-state index in [1.54, 1.807) is 5.57 Å². The normalized spacial score (nSPS) is 24.4. The van der Waals surface area contributed by atoms with Crippen LogP contribution in [0.3, 0.4) is 0 Å². The van der Waals surface area contributed by atoms with Gasteiger partial charge in [-0.1, -0.05) is 36.8 Å². The molecule has 2 N–H and O–H groups in total. The Kier molecular flexibility index (Phi) is 2.59. The zero-order valence-electron chi connectivity index (χ0n) is 11.9. The van der Waals surface area contributed by atoms with Crippen LogP contribution in [0.5, 0.6) is 0 Å². The number of allylic oxidation sites excluding steroid dienone is 2. The number of nitrogen functional groups attached to an aromatic ring is 1. The molecular weight excluding hydrogens is 244 g/mol. The fourth-order valence-corrected chi connectivity index (χ4v) is 3.96. The molecule has 2 aliphatic carbocycles. The molecule has 0 aliphatic heterocycles. The summed E-state index contributed by atoms with van der Waals surface area (Å²) in [7, 11) is 0.